The zero-order chi connectivity index (χ0) is 13.3. The minimum Gasteiger partial charge on any atom is -0.494 e. The predicted octanol–water partition coefficient (Wildman–Crippen LogP) is 1.79. The molecule has 1 heterocycles. The molecule has 1 aromatic carbocycles. The van der Waals surface area contributed by atoms with E-state index in [0.29, 0.717) is 5.56 Å². The van der Waals surface area contributed by atoms with Gasteiger partial charge in [-0.05, 0) is 56.4 Å². The maximum Gasteiger partial charge on any atom is 0.119 e. The van der Waals surface area contributed by atoms with Crippen molar-refractivity contribution in [2.75, 3.05) is 26.2 Å². The van der Waals surface area contributed by atoms with Gasteiger partial charge in [-0.1, -0.05) is 0 Å². The van der Waals surface area contributed by atoms with E-state index in [9.17, 15) is 0 Å². The number of nitrogens with zero attached hydrogens (tertiary/aromatic N) is 1. The van der Waals surface area contributed by atoms with Crippen molar-refractivity contribution in [3.8, 4) is 11.8 Å². The number of nitriles is 1. The number of ether oxygens (including phenoxy) is 1. The second kappa shape index (κ2) is 7.81. The molecule has 0 bridgehead atoms. The Hall–Kier alpha value is -1.53. The number of likely N-dealkylation sites (tertiary alicyclic amines) is 1. The van der Waals surface area contributed by atoms with Crippen LogP contribution in [0, 0.1) is 11.3 Å². The fraction of sp³-hybridized carbons (Fsp3) is 0.562. The maximum absolute atomic E-state index is 8.71. The summed E-state index contributed by atoms with van der Waals surface area (Å²) in [5.74, 6) is 0.865. The number of piperidine rings is 1. The van der Waals surface area contributed by atoms with Gasteiger partial charge < -0.3 is 9.64 Å². The summed E-state index contributed by atoms with van der Waals surface area (Å²) in [6.45, 7) is 4.78. The summed E-state index contributed by atoms with van der Waals surface area (Å²) in [6, 6.07) is 9.45. The van der Waals surface area contributed by atoms with Gasteiger partial charge in [0.25, 0.3) is 0 Å². The summed E-state index contributed by atoms with van der Waals surface area (Å²) in [6.07, 6.45) is 6.58. The molecular formula is C16H23N2O+. The molecule has 0 amide bonds. The van der Waals surface area contributed by atoms with Crippen LogP contribution in [0.15, 0.2) is 24.3 Å². The minimum absolute atomic E-state index is 0.682. The Labute approximate surface area is 115 Å². The first-order chi connectivity index (χ1) is 9.38. The monoisotopic (exact) mass is 259 g/mol. The summed E-state index contributed by atoms with van der Waals surface area (Å²) in [7, 11) is 0. The molecule has 3 nitrogen and oxygen atoms in total. The highest BCUT2D eigenvalue weighted by molar-refractivity contribution is 5.34. The third-order valence-corrected chi connectivity index (χ3v) is 3.74. The van der Waals surface area contributed by atoms with Crippen molar-refractivity contribution in [1.82, 2.24) is 0 Å². The van der Waals surface area contributed by atoms with E-state index in [0.717, 1.165) is 18.8 Å². The average molecular weight is 259 g/mol. The molecule has 19 heavy (non-hydrogen) atoms. The van der Waals surface area contributed by atoms with E-state index < -0.39 is 0 Å². The molecule has 3 heteroatoms. The van der Waals surface area contributed by atoms with E-state index in [2.05, 4.69) is 6.07 Å². The van der Waals surface area contributed by atoms with Gasteiger partial charge in [-0.3, -0.25) is 0 Å². The fourth-order valence-electron chi connectivity index (χ4n) is 2.59. The molecule has 0 saturated carbocycles. The van der Waals surface area contributed by atoms with E-state index in [1.54, 1.807) is 17.0 Å². The van der Waals surface area contributed by atoms with Crippen LogP contribution in [-0.2, 0) is 0 Å². The highest BCUT2D eigenvalue weighted by atomic mass is 16.5. The maximum atomic E-state index is 8.71. The Morgan fingerprint density at radius 2 is 1.79 bits per heavy atom. The quantitative estimate of drug-likeness (QED) is 0.791. The molecule has 2 rings (SSSR count). The van der Waals surface area contributed by atoms with Crippen LogP contribution in [0.4, 0.5) is 0 Å². The minimum atomic E-state index is 0.682. The Balaban J connectivity index is 1.57. The molecule has 1 aromatic rings. The number of benzene rings is 1. The SMILES string of the molecule is N#Cc1ccc(OCCCC[NH+]2CCCCC2)cc1. The van der Waals surface area contributed by atoms with Crippen molar-refractivity contribution in [2.45, 2.75) is 32.1 Å². The molecule has 1 aliphatic rings. The third-order valence-electron chi connectivity index (χ3n) is 3.74. The second-order valence-electron chi connectivity index (χ2n) is 5.25. The van der Waals surface area contributed by atoms with Crippen LogP contribution in [0.5, 0.6) is 5.75 Å². The highest BCUT2D eigenvalue weighted by Gasteiger charge is 2.12. The first-order valence-corrected chi connectivity index (χ1v) is 7.35. The highest BCUT2D eigenvalue weighted by Crippen LogP contribution is 2.11. The molecule has 0 spiro atoms. The van der Waals surface area contributed by atoms with Crippen molar-refractivity contribution in [3.05, 3.63) is 29.8 Å². The molecule has 0 aromatic heterocycles. The molecule has 0 radical (unpaired) electrons. The van der Waals surface area contributed by atoms with Gasteiger partial charge in [0.05, 0.1) is 37.9 Å². The van der Waals surface area contributed by atoms with Gasteiger partial charge in [0.1, 0.15) is 5.75 Å². The van der Waals surface area contributed by atoms with Crippen molar-refractivity contribution in [2.24, 2.45) is 0 Å². The van der Waals surface area contributed by atoms with Gasteiger partial charge in [-0.15, -0.1) is 0 Å². The number of hydrogen-bond donors (Lipinski definition) is 1. The number of quaternary nitrogens is 1. The van der Waals surface area contributed by atoms with Crippen molar-refractivity contribution in [3.63, 3.8) is 0 Å². The van der Waals surface area contributed by atoms with Crippen LogP contribution in [0.2, 0.25) is 0 Å². The summed E-state index contributed by atoms with van der Waals surface area (Å²) < 4.78 is 5.68. The Bertz CT molecular complexity index is 402. The molecule has 1 saturated heterocycles. The molecule has 0 aliphatic carbocycles. The van der Waals surface area contributed by atoms with Crippen LogP contribution in [-0.4, -0.2) is 26.2 Å². The topological polar surface area (TPSA) is 37.5 Å². The molecule has 1 aliphatic heterocycles. The standard InChI is InChI=1S/C16H22N2O/c17-14-15-6-8-16(9-7-15)19-13-5-4-12-18-10-2-1-3-11-18/h6-9H,1-5,10-13H2/p+1. The van der Waals surface area contributed by atoms with Gasteiger partial charge >= 0.3 is 0 Å². The predicted molar refractivity (Wildman–Crippen MR) is 75.3 cm³/mol. The first kappa shape index (κ1) is 13.9. The van der Waals surface area contributed by atoms with Crippen LogP contribution >= 0.6 is 0 Å². The molecule has 0 unspecified atom stereocenters. The smallest absolute Gasteiger partial charge is 0.119 e. The van der Waals surface area contributed by atoms with Gasteiger partial charge in [0, 0.05) is 0 Å². The van der Waals surface area contributed by atoms with Crippen LogP contribution < -0.4 is 9.64 Å². The average Bonchev–Trinajstić information content (AvgIpc) is 2.49. The lowest BCUT2D eigenvalue weighted by Gasteiger charge is -2.23. The lowest BCUT2D eigenvalue weighted by Crippen LogP contribution is -3.12. The molecule has 0 atom stereocenters. The van der Waals surface area contributed by atoms with E-state index in [1.165, 1.54) is 45.3 Å². The van der Waals surface area contributed by atoms with Crippen LogP contribution in [0.25, 0.3) is 0 Å². The Morgan fingerprint density at radius 1 is 1.05 bits per heavy atom. The van der Waals surface area contributed by atoms with Crippen LogP contribution in [0.1, 0.15) is 37.7 Å². The Kier molecular flexibility index (Phi) is 5.71. The van der Waals surface area contributed by atoms with Crippen molar-refractivity contribution >= 4 is 0 Å². The largest absolute Gasteiger partial charge is 0.494 e. The lowest BCUT2D eigenvalue weighted by molar-refractivity contribution is -0.905. The first-order valence-electron chi connectivity index (χ1n) is 7.35. The summed E-state index contributed by atoms with van der Waals surface area (Å²) >= 11 is 0. The summed E-state index contributed by atoms with van der Waals surface area (Å²) in [5, 5.41) is 8.71. The number of hydrogen-bond acceptors (Lipinski definition) is 2. The van der Waals surface area contributed by atoms with Gasteiger partial charge in [0.2, 0.25) is 0 Å². The lowest BCUT2D eigenvalue weighted by atomic mass is 10.1. The van der Waals surface area contributed by atoms with Gasteiger partial charge in [-0.2, -0.15) is 5.26 Å². The summed E-state index contributed by atoms with van der Waals surface area (Å²) in [4.78, 5) is 1.77. The Morgan fingerprint density at radius 3 is 2.47 bits per heavy atom. The van der Waals surface area contributed by atoms with E-state index >= 15 is 0 Å². The molecular weight excluding hydrogens is 236 g/mol. The zero-order valence-electron chi connectivity index (χ0n) is 11.5. The van der Waals surface area contributed by atoms with Gasteiger partial charge in [0.15, 0.2) is 0 Å². The number of nitrogens with one attached hydrogen (secondary N) is 1. The van der Waals surface area contributed by atoms with Crippen LogP contribution in [0.3, 0.4) is 0 Å². The van der Waals surface area contributed by atoms with E-state index in [4.69, 9.17) is 10.00 Å². The number of unbranched alkanes of at least 4 members (excludes halogenated alkanes) is 1. The fourth-order valence-corrected chi connectivity index (χ4v) is 2.59. The number of rotatable bonds is 6. The van der Waals surface area contributed by atoms with Gasteiger partial charge in [-0.25, -0.2) is 0 Å². The molecule has 102 valence electrons. The van der Waals surface area contributed by atoms with Crippen molar-refractivity contribution < 1.29 is 9.64 Å². The van der Waals surface area contributed by atoms with E-state index in [1.807, 2.05) is 12.1 Å². The van der Waals surface area contributed by atoms with E-state index in [-0.39, 0.29) is 0 Å². The normalized spacial score (nSPS) is 15.9. The zero-order valence-corrected chi connectivity index (χ0v) is 11.5. The second-order valence-corrected chi connectivity index (χ2v) is 5.25. The molecule has 1 fully saturated rings. The van der Waals surface area contributed by atoms with Crippen molar-refractivity contribution in [1.29, 1.82) is 5.26 Å². The summed E-state index contributed by atoms with van der Waals surface area (Å²) in [5.41, 5.74) is 0.682. The molecule has 1 N–H and O–H groups in total. The third kappa shape index (κ3) is 4.92.